The second-order valence-electron chi connectivity index (χ2n) is 8.61. The molecule has 1 fully saturated rings. The van der Waals surface area contributed by atoms with Crippen molar-refractivity contribution in [3.8, 4) is 5.88 Å². The number of thiazole rings is 1. The lowest BCUT2D eigenvalue weighted by molar-refractivity contribution is 0.0952. The van der Waals surface area contributed by atoms with Gasteiger partial charge in [0.2, 0.25) is 10.8 Å². The van der Waals surface area contributed by atoms with Gasteiger partial charge in [-0.2, -0.15) is 4.52 Å². The molecule has 0 spiro atoms. The van der Waals surface area contributed by atoms with Crippen LogP contribution in [0.3, 0.4) is 0 Å². The number of aryl methyl sites for hydroxylation is 1. The van der Waals surface area contributed by atoms with Gasteiger partial charge in [0.25, 0.3) is 5.56 Å². The van der Waals surface area contributed by atoms with E-state index in [1.165, 1.54) is 11.3 Å². The number of aromatic hydroxyl groups is 1. The van der Waals surface area contributed by atoms with Crippen LogP contribution in [0.25, 0.3) is 4.96 Å². The van der Waals surface area contributed by atoms with Gasteiger partial charge in [0, 0.05) is 37.3 Å². The highest BCUT2D eigenvalue weighted by Crippen LogP contribution is 2.44. The molecule has 1 N–H and O–H groups in total. The molecule has 2 aliphatic rings. The van der Waals surface area contributed by atoms with E-state index in [2.05, 4.69) is 33.2 Å². The Morgan fingerprint density at radius 3 is 2.74 bits per heavy atom. The average molecular weight is 434 g/mol. The number of hydrogen-bond acceptors (Lipinski definition) is 6. The van der Waals surface area contributed by atoms with Gasteiger partial charge in [0.15, 0.2) is 0 Å². The SMILES string of the molecule is Cc1nc2sc([C@@H](c3ccccc3)N3C[C@H]4C[C@@H](C3)c3cccc(=O)n3C4)c(O)n2n1. The van der Waals surface area contributed by atoms with Gasteiger partial charge in [-0.1, -0.05) is 47.7 Å². The van der Waals surface area contributed by atoms with Crippen molar-refractivity contribution in [1.82, 2.24) is 24.1 Å². The molecule has 158 valence electrons. The van der Waals surface area contributed by atoms with Gasteiger partial charge in [-0.25, -0.2) is 4.98 Å². The number of piperidine rings is 1. The molecular weight excluding hydrogens is 410 g/mol. The number of nitrogens with zero attached hydrogens (tertiary/aromatic N) is 5. The van der Waals surface area contributed by atoms with Crippen LogP contribution in [0.15, 0.2) is 53.3 Å². The zero-order chi connectivity index (χ0) is 21.1. The molecule has 2 aliphatic heterocycles. The Labute approximate surface area is 183 Å². The van der Waals surface area contributed by atoms with Crippen molar-refractivity contribution >= 4 is 16.3 Å². The van der Waals surface area contributed by atoms with Crippen molar-refractivity contribution in [2.24, 2.45) is 5.92 Å². The predicted octanol–water partition coefficient (Wildman–Crippen LogP) is 3.18. The van der Waals surface area contributed by atoms with Crippen LogP contribution in [-0.2, 0) is 6.54 Å². The highest BCUT2D eigenvalue weighted by Gasteiger charge is 2.39. The van der Waals surface area contributed by atoms with Crippen LogP contribution in [0.5, 0.6) is 5.88 Å². The Bertz CT molecular complexity index is 1320. The maximum absolute atomic E-state index is 12.4. The molecule has 7 nitrogen and oxygen atoms in total. The minimum Gasteiger partial charge on any atom is -0.492 e. The molecule has 0 saturated carbocycles. The second kappa shape index (κ2) is 7.03. The molecule has 8 heteroatoms. The normalized spacial score (nSPS) is 21.8. The largest absolute Gasteiger partial charge is 0.492 e. The fraction of sp³-hybridized carbons (Fsp3) is 0.348. The molecular formula is C23H23N5O2S. The van der Waals surface area contributed by atoms with Crippen molar-refractivity contribution in [2.75, 3.05) is 13.1 Å². The van der Waals surface area contributed by atoms with Crippen molar-refractivity contribution in [3.05, 3.63) is 80.8 Å². The second-order valence-corrected chi connectivity index (χ2v) is 9.62. The maximum Gasteiger partial charge on any atom is 0.250 e. The van der Waals surface area contributed by atoms with E-state index in [4.69, 9.17) is 0 Å². The number of hydrogen-bond donors (Lipinski definition) is 1. The number of likely N-dealkylation sites (tertiary alicyclic amines) is 1. The van der Waals surface area contributed by atoms with Gasteiger partial charge in [0.1, 0.15) is 5.82 Å². The summed E-state index contributed by atoms with van der Waals surface area (Å²) in [6.45, 7) is 4.30. The van der Waals surface area contributed by atoms with E-state index in [1.54, 1.807) is 10.6 Å². The quantitative estimate of drug-likeness (QED) is 0.537. The van der Waals surface area contributed by atoms with Crippen LogP contribution in [0.2, 0.25) is 0 Å². The summed E-state index contributed by atoms with van der Waals surface area (Å²) < 4.78 is 3.50. The lowest BCUT2D eigenvalue weighted by Crippen LogP contribution is -2.48. The van der Waals surface area contributed by atoms with Crippen molar-refractivity contribution in [3.63, 3.8) is 0 Å². The molecule has 0 amide bonds. The van der Waals surface area contributed by atoms with Crippen molar-refractivity contribution in [2.45, 2.75) is 31.8 Å². The highest BCUT2D eigenvalue weighted by molar-refractivity contribution is 7.17. The number of benzene rings is 1. The lowest BCUT2D eigenvalue weighted by atomic mass is 9.82. The number of aromatic nitrogens is 4. The Hall–Kier alpha value is -2.97. The summed E-state index contributed by atoms with van der Waals surface area (Å²) in [5.74, 6) is 1.53. The zero-order valence-corrected chi connectivity index (χ0v) is 18.0. The van der Waals surface area contributed by atoms with Crippen LogP contribution in [0.1, 0.15) is 40.3 Å². The minimum atomic E-state index is -0.0812. The van der Waals surface area contributed by atoms with E-state index in [9.17, 15) is 9.90 Å². The van der Waals surface area contributed by atoms with Crippen LogP contribution in [0, 0.1) is 12.8 Å². The molecule has 3 atom stereocenters. The third-order valence-electron chi connectivity index (χ3n) is 6.54. The van der Waals surface area contributed by atoms with Crippen LogP contribution in [-0.4, -0.2) is 42.3 Å². The van der Waals surface area contributed by atoms with Gasteiger partial charge in [-0.15, -0.1) is 5.10 Å². The van der Waals surface area contributed by atoms with Crippen LogP contribution in [0.4, 0.5) is 0 Å². The fourth-order valence-corrected chi connectivity index (χ4v) is 6.50. The number of rotatable bonds is 3. The predicted molar refractivity (Wildman–Crippen MR) is 119 cm³/mol. The average Bonchev–Trinajstić information content (AvgIpc) is 3.27. The summed E-state index contributed by atoms with van der Waals surface area (Å²) in [7, 11) is 0. The lowest BCUT2D eigenvalue weighted by Gasteiger charge is -2.45. The van der Waals surface area contributed by atoms with Gasteiger partial charge in [0.05, 0.1) is 10.9 Å². The summed E-state index contributed by atoms with van der Waals surface area (Å²) in [6.07, 6.45) is 1.10. The summed E-state index contributed by atoms with van der Waals surface area (Å²) in [5, 5.41) is 15.4. The number of fused-ring (bicyclic) bond motifs is 5. The van der Waals surface area contributed by atoms with E-state index < -0.39 is 0 Å². The topological polar surface area (TPSA) is 75.7 Å². The van der Waals surface area contributed by atoms with Crippen LogP contribution < -0.4 is 5.56 Å². The first-order valence-corrected chi connectivity index (χ1v) is 11.4. The fourth-order valence-electron chi connectivity index (χ4n) is 5.33. The Kier molecular flexibility index (Phi) is 4.26. The standard InChI is InChI=1S/C23H23N5O2S/c1-14-24-23-28(25-14)22(30)21(31-23)20(16-6-3-2-4-7-16)26-11-15-10-17(13-26)18-8-5-9-19(29)27(18)12-15/h2-9,15,17,20,30H,10-13H2,1H3/t15-,17+,20-/m1/s1. The molecule has 1 aromatic carbocycles. The summed E-state index contributed by atoms with van der Waals surface area (Å²) >= 11 is 1.50. The third kappa shape index (κ3) is 3.01. The molecule has 31 heavy (non-hydrogen) atoms. The van der Waals surface area contributed by atoms with E-state index in [0.29, 0.717) is 22.6 Å². The summed E-state index contributed by atoms with van der Waals surface area (Å²) in [4.78, 5) is 20.9. The Morgan fingerprint density at radius 2 is 1.94 bits per heavy atom. The smallest absolute Gasteiger partial charge is 0.250 e. The first-order chi connectivity index (χ1) is 15.1. The summed E-state index contributed by atoms with van der Waals surface area (Å²) in [5.41, 5.74) is 2.37. The first kappa shape index (κ1) is 18.8. The van der Waals surface area contributed by atoms with Crippen molar-refractivity contribution in [1.29, 1.82) is 0 Å². The molecule has 6 rings (SSSR count). The van der Waals surface area contributed by atoms with Crippen LogP contribution >= 0.6 is 11.3 Å². The first-order valence-electron chi connectivity index (χ1n) is 10.6. The molecule has 1 saturated heterocycles. The maximum atomic E-state index is 12.4. The number of pyridine rings is 1. The van der Waals surface area contributed by atoms with Gasteiger partial charge in [-0.05, 0) is 30.9 Å². The molecule has 0 aliphatic carbocycles. The Morgan fingerprint density at radius 1 is 1.10 bits per heavy atom. The minimum absolute atomic E-state index is 0.0812. The van der Waals surface area contributed by atoms with E-state index in [0.717, 1.165) is 42.2 Å². The van der Waals surface area contributed by atoms with Gasteiger partial charge >= 0.3 is 0 Å². The van der Waals surface area contributed by atoms with E-state index in [1.807, 2.05) is 35.8 Å². The molecule has 0 radical (unpaired) electrons. The third-order valence-corrected chi connectivity index (χ3v) is 7.61. The molecule has 4 aromatic rings. The van der Waals surface area contributed by atoms with Crippen molar-refractivity contribution < 1.29 is 5.11 Å². The Balaban J connectivity index is 1.45. The van der Waals surface area contributed by atoms with E-state index >= 15 is 0 Å². The molecule has 3 aromatic heterocycles. The summed E-state index contributed by atoms with van der Waals surface area (Å²) in [6, 6.07) is 15.9. The highest BCUT2D eigenvalue weighted by atomic mass is 32.1. The van der Waals surface area contributed by atoms with E-state index in [-0.39, 0.29) is 17.5 Å². The molecule has 2 bridgehead atoms. The monoisotopic (exact) mass is 433 g/mol. The molecule has 0 unspecified atom stereocenters. The van der Waals surface area contributed by atoms with Gasteiger partial charge < -0.3 is 9.67 Å². The van der Waals surface area contributed by atoms with Gasteiger partial charge in [-0.3, -0.25) is 9.69 Å². The zero-order valence-electron chi connectivity index (χ0n) is 17.2. The molecule has 5 heterocycles.